The molecule has 1 aromatic carbocycles. The number of ether oxygens (including phenoxy) is 1. The molecule has 1 rings (SSSR count). The minimum Gasteiger partial charge on any atom is -0.504 e. The van der Waals surface area contributed by atoms with Gasteiger partial charge in [-0.1, -0.05) is 12.1 Å². The highest BCUT2D eigenvalue weighted by molar-refractivity contribution is 5.51. The van der Waals surface area contributed by atoms with E-state index < -0.39 is 0 Å². The number of nitriles is 1. The summed E-state index contributed by atoms with van der Waals surface area (Å²) in [5.41, 5.74) is 1.46. The fourth-order valence-electron chi connectivity index (χ4n) is 1.20. The highest BCUT2D eigenvalue weighted by Crippen LogP contribution is 2.33. The number of aryl methyl sites for hydroxylation is 1. The molecular formula is C10H11NO2. The zero-order chi connectivity index (χ0) is 9.84. The summed E-state index contributed by atoms with van der Waals surface area (Å²) in [6.07, 6.45) is 0.197. The van der Waals surface area contributed by atoms with Gasteiger partial charge in [0.1, 0.15) is 0 Å². The molecule has 0 amide bonds. The molecule has 68 valence electrons. The molecule has 0 unspecified atom stereocenters. The van der Waals surface area contributed by atoms with E-state index in [-0.39, 0.29) is 12.2 Å². The first-order chi connectivity index (χ1) is 6.20. The summed E-state index contributed by atoms with van der Waals surface area (Å²) in [7, 11) is 1.50. The van der Waals surface area contributed by atoms with E-state index >= 15 is 0 Å². The van der Waals surface area contributed by atoms with Crippen molar-refractivity contribution in [3.63, 3.8) is 0 Å². The van der Waals surface area contributed by atoms with Crippen molar-refractivity contribution >= 4 is 0 Å². The Morgan fingerprint density at radius 2 is 2.23 bits per heavy atom. The van der Waals surface area contributed by atoms with Gasteiger partial charge < -0.3 is 9.84 Å². The molecule has 0 spiro atoms. The van der Waals surface area contributed by atoms with Crippen LogP contribution < -0.4 is 4.74 Å². The van der Waals surface area contributed by atoms with Crippen LogP contribution in [0.1, 0.15) is 11.1 Å². The van der Waals surface area contributed by atoms with Crippen LogP contribution in [0.15, 0.2) is 12.1 Å². The summed E-state index contributed by atoms with van der Waals surface area (Å²) in [4.78, 5) is 0. The average Bonchev–Trinajstić information content (AvgIpc) is 2.11. The summed E-state index contributed by atoms with van der Waals surface area (Å²) >= 11 is 0. The largest absolute Gasteiger partial charge is 0.504 e. The Morgan fingerprint density at radius 1 is 1.54 bits per heavy atom. The summed E-state index contributed by atoms with van der Waals surface area (Å²) in [5, 5.41) is 18.1. The van der Waals surface area contributed by atoms with Crippen molar-refractivity contribution in [3.05, 3.63) is 23.3 Å². The molecule has 0 aliphatic rings. The van der Waals surface area contributed by atoms with Gasteiger partial charge in [-0.05, 0) is 12.5 Å². The van der Waals surface area contributed by atoms with Crippen LogP contribution in [-0.4, -0.2) is 12.2 Å². The van der Waals surface area contributed by atoms with Gasteiger partial charge in [-0.15, -0.1) is 0 Å². The normalized spacial score (nSPS) is 9.31. The molecule has 1 N–H and O–H groups in total. The molecule has 0 aliphatic heterocycles. The molecule has 0 fully saturated rings. The van der Waals surface area contributed by atoms with Crippen molar-refractivity contribution < 1.29 is 9.84 Å². The maximum Gasteiger partial charge on any atom is 0.163 e. The first-order valence-electron chi connectivity index (χ1n) is 3.93. The van der Waals surface area contributed by atoms with Crippen LogP contribution in [0, 0.1) is 18.3 Å². The van der Waals surface area contributed by atoms with Gasteiger partial charge in [0.15, 0.2) is 11.5 Å². The van der Waals surface area contributed by atoms with E-state index in [1.54, 1.807) is 6.07 Å². The van der Waals surface area contributed by atoms with E-state index in [1.807, 2.05) is 19.1 Å². The molecule has 0 atom stereocenters. The number of hydrogen-bond acceptors (Lipinski definition) is 3. The predicted octanol–water partition coefficient (Wildman–Crippen LogP) is 1.78. The molecule has 13 heavy (non-hydrogen) atoms. The fourth-order valence-corrected chi connectivity index (χ4v) is 1.20. The van der Waals surface area contributed by atoms with Crippen molar-refractivity contribution in [2.45, 2.75) is 13.3 Å². The number of rotatable bonds is 2. The summed E-state index contributed by atoms with van der Waals surface area (Å²) in [5.74, 6) is 0.525. The second kappa shape index (κ2) is 3.81. The lowest BCUT2D eigenvalue weighted by atomic mass is 10.1. The minimum atomic E-state index is 0.0732. The first-order valence-corrected chi connectivity index (χ1v) is 3.93. The van der Waals surface area contributed by atoms with E-state index in [2.05, 4.69) is 0 Å². The summed E-state index contributed by atoms with van der Waals surface area (Å²) in [6, 6.07) is 5.54. The molecular weight excluding hydrogens is 166 g/mol. The molecule has 1 aromatic rings. The zero-order valence-electron chi connectivity index (χ0n) is 7.66. The monoisotopic (exact) mass is 177 g/mol. The van der Waals surface area contributed by atoms with Gasteiger partial charge in [-0.3, -0.25) is 0 Å². The molecule has 0 aliphatic carbocycles. The lowest BCUT2D eigenvalue weighted by Gasteiger charge is -2.09. The third kappa shape index (κ3) is 1.73. The number of phenols is 1. The van der Waals surface area contributed by atoms with Crippen LogP contribution in [0.4, 0.5) is 0 Å². The van der Waals surface area contributed by atoms with Gasteiger partial charge in [0.05, 0.1) is 19.6 Å². The molecule has 3 nitrogen and oxygen atoms in total. The number of aromatic hydroxyl groups is 1. The van der Waals surface area contributed by atoms with Crippen LogP contribution in [-0.2, 0) is 6.42 Å². The molecule has 0 bridgehead atoms. The second-order valence-corrected chi connectivity index (χ2v) is 2.76. The quantitative estimate of drug-likeness (QED) is 0.749. The zero-order valence-corrected chi connectivity index (χ0v) is 7.66. The topological polar surface area (TPSA) is 53.2 Å². The molecule has 0 radical (unpaired) electrons. The number of nitrogens with zero attached hydrogens (tertiary/aromatic N) is 1. The van der Waals surface area contributed by atoms with Crippen LogP contribution in [0.3, 0.4) is 0 Å². The van der Waals surface area contributed by atoms with Crippen molar-refractivity contribution in [2.24, 2.45) is 0 Å². The van der Waals surface area contributed by atoms with Gasteiger partial charge >= 0.3 is 0 Å². The third-order valence-corrected chi connectivity index (χ3v) is 1.89. The molecule has 0 saturated heterocycles. The molecule has 3 heteroatoms. The van der Waals surface area contributed by atoms with Gasteiger partial charge in [0, 0.05) is 5.56 Å². The highest BCUT2D eigenvalue weighted by atomic mass is 16.5. The smallest absolute Gasteiger partial charge is 0.163 e. The number of benzene rings is 1. The highest BCUT2D eigenvalue weighted by Gasteiger charge is 2.09. The van der Waals surface area contributed by atoms with Gasteiger partial charge in [-0.2, -0.15) is 5.26 Å². The Kier molecular flexibility index (Phi) is 2.76. The van der Waals surface area contributed by atoms with Crippen LogP contribution >= 0.6 is 0 Å². The van der Waals surface area contributed by atoms with Gasteiger partial charge in [-0.25, -0.2) is 0 Å². The Balaban J connectivity index is 3.21. The SMILES string of the molecule is COc1c(C)ccc(CC#N)c1O. The number of hydrogen-bond donors (Lipinski definition) is 1. The Morgan fingerprint density at radius 3 is 2.77 bits per heavy atom. The van der Waals surface area contributed by atoms with E-state index in [0.29, 0.717) is 11.3 Å². The number of phenolic OH excluding ortho intramolecular Hbond substituents is 1. The summed E-state index contributed by atoms with van der Waals surface area (Å²) < 4.78 is 5.00. The van der Waals surface area contributed by atoms with Crippen LogP contribution in [0.25, 0.3) is 0 Å². The lowest BCUT2D eigenvalue weighted by molar-refractivity contribution is 0.368. The van der Waals surface area contributed by atoms with Gasteiger partial charge in [0.25, 0.3) is 0 Å². The van der Waals surface area contributed by atoms with E-state index in [4.69, 9.17) is 10.00 Å². The lowest BCUT2D eigenvalue weighted by Crippen LogP contribution is -1.91. The molecule has 0 aromatic heterocycles. The Bertz CT molecular complexity index is 353. The van der Waals surface area contributed by atoms with Crippen molar-refractivity contribution in [2.75, 3.05) is 7.11 Å². The maximum atomic E-state index is 9.62. The minimum absolute atomic E-state index is 0.0732. The Hall–Kier alpha value is -1.69. The first kappa shape index (κ1) is 9.40. The summed E-state index contributed by atoms with van der Waals surface area (Å²) in [6.45, 7) is 1.84. The predicted molar refractivity (Wildman–Crippen MR) is 48.7 cm³/mol. The van der Waals surface area contributed by atoms with Crippen molar-refractivity contribution in [3.8, 4) is 17.6 Å². The van der Waals surface area contributed by atoms with E-state index in [0.717, 1.165) is 5.56 Å². The Labute approximate surface area is 77.2 Å². The van der Waals surface area contributed by atoms with Crippen LogP contribution in [0.5, 0.6) is 11.5 Å². The molecule has 0 saturated carbocycles. The maximum absolute atomic E-state index is 9.62. The third-order valence-electron chi connectivity index (χ3n) is 1.89. The fraction of sp³-hybridized carbons (Fsp3) is 0.300. The van der Waals surface area contributed by atoms with Crippen molar-refractivity contribution in [1.29, 1.82) is 5.26 Å². The van der Waals surface area contributed by atoms with Crippen molar-refractivity contribution in [1.82, 2.24) is 0 Å². The van der Waals surface area contributed by atoms with Crippen LogP contribution in [0.2, 0.25) is 0 Å². The average molecular weight is 177 g/mol. The molecule has 0 heterocycles. The van der Waals surface area contributed by atoms with E-state index in [1.165, 1.54) is 7.11 Å². The second-order valence-electron chi connectivity index (χ2n) is 2.76. The number of methoxy groups -OCH3 is 1. The van der Waals surface area contributed by atoms with Gasteiger partial charge in [0.2, 0.25) is 0 Å². The van der Waals surface area contributed by atoms with E-state index in [9.17, 15) is 5.11 Å². The standard InChI is InChI=1S/C10H11NO2/c1-7-3-4-8(5-6-11)9(12)10(7)13-2/h3-4,12H,5H2,1-2H3.